The van der Waals surface area contributed by atoms with Crippen LogP contribution in [0.1, 0.15) is 29.8 Å². The van der Waals surface area contributed by atoms with Crippen LogP contribution in [0.5, 0.6) is 0 Å². The van der Waals surface area contributed by atoms with Gasteiger partial charge in [-0.05, 0) is 32.0 Å². The van der Waals surface area contributed by atoms with Crippen LogP contribution in [0.4, 0.5) is 5.69 Å². The van der Waals surface area contributed by atoms with E-state index >= 15 is 0 Å². The molecule has 0 aliphatic heterocycles. The number of anilines is 1. The molecule has 2 rings (SSSR count). The van der Waals surface area contributed by atoms with E-state index in [0.29, 0.717) is 28.4 Å². The first-order chi connectivity index (χ1) is 10.8. The number of aryl methyl sites for hydroxylation is 1. The first kappa shape index (κ1) is 17.3. The molecule has 0 bridgehead atoms. The van der Waals surface area contributed by atoms with Gasteiger partial charge in [-0.2, -0.15) is 5.10 Å². The molecule has 0 saturated heterocycles. The third-order valence-corrected chi connectivity index (χ3v) is 3.75. The van der Waals surface area contributed by atoms with Crippen LogP contribution >= 0.6 is 11.6 Å². The number of rotatable bonds is 6. The van der Waals surface area contributed by atoms with E-state index in [2.05, 4.69) is 15.7 Å². The first-order valence-electron chi connectivity index (χ1n) is 7.36. The summed E-state index contributed by atoms with van der Waals surface area (Å²) in [5.74, 6) is -0.299. The molecule has 0 saturated carbocycles. The Bertz CT molecular complexity index is 697. The first-order valence-corrected chi connectivity index (χ1v) is 7.74. The lowest BCUT2D eigenvalue weighted by molar-refractivity contribution is 0.0526. The summed E-state index contributed by atoms with van der Waals surface area (Å²) in [6.07, 6.45) is 3.30. The Morgan fingerprint density at radius 3 is 2.83 bits per heavy atom. The van der Waals surface area contributed by atoms with E-state index in [4.69, 9.17) is 11.6 Å². The third kappa shape index (κ3) is 4.24. The molecule has 7 heteroatoms. The maximum atomic E-state index is 12.4. The summed E-state index contributed by atoms with van der Waals surface area (Å²) in [7, 11) is 1.77. The van der Waals surface area contributed by atoms with Gasteiger partial charge in [-0.1, -0.05) is 11.6 Å². The summed E-state index contributed by atoms with van der Waals surface area (Å²) >= 11 is 5.98. The predicted octanol–water partition coefficient (Wildman–Crippen LogP) is 2.14. The van der Waals surface area contributed by atoms with Crippen molar-refractivity contribution >= 4 is 23.2 Å². The smallest absolute Gasteiger partial charge is 0.253 e. The van der Waals surface area contributed by atoms with Crippen LogP contribution in [0.3, 0.4) is 0 Å². The van der Waals surface area contributed by atoms with Gasteiger partial charge in [0.25, 0.3) is 5.91 Å². The number of aromatic nitrogens is 2. The van der Waals surface area contributed by atoms with E-state index in [1.165, 1.54) is 0 Å². The second kappa shape index (κ2) is 7.02. The molecule has 0 spiro atoms. The highest BCUT2D eigenvalue weighted by Gasteiger charge is 2.26. The molecule has 0 aliphatic carbocycles. The second-order valence-electron chi connectivity index (χ2n) is 5.58. The van der Waals surface area contributed by atoms with E-state index in [1.54, 1.807) is 49.2 Å². The number of hydrogen-bond donors (Lipinski definition) is 3. The van der Waals surface area contributed by atoms with Crippen molar-refractivity contribution in [3.8, 4) is 0 Å². The zero-order valence-electron chi connectivity index (χ0n) is 13.4. The van der Waals surface area contributed by atoms with Crippen LogP contribution in [0.2, 0.25) is 5.02 Å². The monoisotopic (exact) mass is 336 g/mol. The van der Waals surface area contributed by atoms with Gasteiger partial charge in [-0.15, -0.1) is 0 Å². The highest BCUT2D eigenvalue weighted by Crippen LogP contribution is 2.22. The molecule has 23 heavy (non-hydrogen) atoms. The summed E-state index contributed by atoms with van der Waals surface area (Å²) in [5, 5.41) is 20.9. The van der Waals surface area contributed by atoms with E-state index in [0.717, 1.165) is 0 Å². The van der Waals surface area contributed by atoms with Gasteiger partial charge in [0.2, 0.25) is 0 Å². The summed E-state index contributed by atoms with van der Waals surface area (Å²) in [4.78, 5) is 12.4. The number of carbonyl (C=O) groups is 1. The topological polar surface area (TPSA) is 79.2 Å². The fraction of sp³-hybridized carbons (Fsp3) is 0.375. The Morgan fingerprint density at radius 2 is 2.22 bits per heavy atom. The Kier molecular flexibility index (Phi) is 5.28. The van der Waals surface area contributed by atoms with Gasteiger partial charge in [0.15, 0.2) is 0 Å². The third-order valence-electron chi connectivity index (χ3n) is 3.51. The lowest BCUT2D eigenvalue weighted by atomic mass is 9.99. The number of nitrogens with zero attached hydrogens (tertiary/aromatic N) is 2. The minimum Gasteiger partial charge on any atom is -0.385 e. The Labute approximate surface area is 140 Å². The van der Waals surface area contributed by atoms with Crippen molar-refractivity contribution in [1.82, 2.24) is 15.1 Å². The van der Waals surface area contributed by atoms with Crippen molar-refractivity contribution in [3.63, 3.8) is 0 Å². The van der Waals surface area contributed by atoms with Gasteiger partial charge in [-0.3, -0.25) is 9.48 Å². The Morgan fingerprint density at radius 1 is 1.48 bits per heavy atom. The molecule has 1 amide bonds. The van der Waals surface area contributed by atoms with Crippen LogP contribution in [-0.2, 0) is 12.6 Å². The van der Waals surface area contributed by atoms with Crippen molar-refractivity contribution < 1.29 is 9.90 Å². The maximum Gasteiger partial charge on any atom is 0.253 e. The number of halogens is 1. The molecule has 0 fully saturated rings. The molecule has 6 nitrogen and oxygen atoms in total. The normalized spacial score (nSPS) is 13.4. The predicted molar refractivity (Wildman–Crippen MR) is 90.7 cm³/mol. The van der Waals surface area contributed by atoms with Crippen LogP contribution in [0.25, 0.3) is 0 Å². The zero-order valence-corrected chi connectivity index (χ0v) is 14.2. The summed E-state index contributed by atoms with van der Waals surface area (Å²) in [6, 6.07) is 5.09. The van der Waals surface area contributed by atoms with E-state index in [-0.39, 0.29) is 12.5 Å². The molecular weight excluding hydrogens is 316 g/mol. The molecule has 3 N–H and O–H groups in total. The standard InChI is InChI=1S/C16H21ClN4O2/c1-4-18-14-6-5-12(17)7-13(14)15(22)19-10-16(2,23)11-8-20-21(3)9-11/h5-9,18,23H,4,10H2,1-3H3,(H,19,22)/t16-/m0/s1. The van der Waals surface area contributed by atoms with Crippen molar-refractivity contribution in [2.45, 2.75) is 19.4 Å². The van der Waals surface area contributed by atoms with Crippen LogP contribution in [-0.4, -0.2) is 33.9 Å². The lowest BCUT2D eigenvalue weighted by Gasteiger charge is -2.22. The fourth-order valence-electron chi connectivity index (χ4n) is 2.20. The zero-order chi connectivity index (χ0) is 17.0. The number of hydrogen-bond acceptors (Lipinski definition) is 4. The SMILES string of the molecule is CCNc1ccc(Cl)cc1C(=O)NC[C@](C)(O)c1cnn(C)c1. The van der Waals surface area contributed by atoms with Gasteiger partial charge in [-0.25, -0.2) is 0 Å². The molecule has 0 aliphatic rings. The average Bonchev–Trinajstić information content (AvgIpc) is 2.94. The van der Waals surface area contributed by atoms with Gasteiger partial charge in [0.05, 0.1) is 18.3 Å². The molecule has 124 valence electrons. The molecule has 1 atom stereocenters. The van der Waals surface area contributed by atoms with Crippen molar-refractivity contribution in [2.75, 3.05) is 18.4 Å². The minimum absolute atomic E-state index is 0.0651. The van der Waals surface area contributed by atoms with Crippen molar-refractivity contribution in [1.29, 1.82) is 0 Å². The van der Waals surface area contributed by atoms with Crippen LogP contribution < -0.4 is 10.6 Å². The van der Waals surface area contributed by atoms with Crippen molar-refractivity contribution in [3.05, 3.63) is 46.7 Å². The minimum atomic E-state index is -1.21. The highest BCUT2D eigenvalue weighted by atomic mass is 35.5. The van der Waals surface area contributed by atoms with Crippen molar-refractivity contribution in [2.24, 2.45) is 7.05 Å². The van der Waals surface area contributed by atoms with Gasteiger partial charge in [0, 0.05) is 36.1 Å². The summed E-state index contributed by atoms with van der Waals surface area (Å²) in [5.41, 5.74) is 0.580. The quantitative estimate of drug-likeness (QED) is 0.755. The van der Waals surface area contributed by atoms with Crippen LogP contribution in [0, 0.1) is 0 Å². The molecule has 1 aromatic heterocycles. The van der Waals surface area contributed by atoms with E-state index < -0.39 is 5.60 Å². The summed E-state index contributed by atoms with van der Waals surface area (Å²) < 4.78 is 1.60. The Balaban J connectivity index is 2.12. The average molecular weight is 337 g/mol. The van der Waals surface area contributed by atoms with E-state index in [1.807, 2.05) is 6.92 Å². The van der Waals surface area contributed by atoms with Gasteiger partial charge >= 0.3 is 0 Å². The molecule has 2 aromatic rings. The molecule has 1 aromatic carbocycles. The van der Waals surface area contributed by atoms with Gasteiger partial charge < -0.3 is 15.7 Å². The number of carbonyl (C=O) groups excluding carboxylic acids is 1. The number of nitrogens with one attached hydrogen (secondary N) is 2. The summed E-state index contributed by atoms with van der Waals surface area (Å²) in [6.45, 7) is 4.34. The highest BCUT2D eigenvalue weighted by molar-refractivity contribution is 6.31. The number of benzene rings is 1. The number of amides is 1. The van der Waals surface area contributed by atoms with E-state index in [9.17, 15) is 9.90 Å². The Hall–Kier alpha value is -2.05. The fourth-order valence-corrected chi connectivity index (χ4v) is 2.37. The van der Waals surface area contributed by atoms with Gasteiger partial charge in [0.1, 0.15) is 5.60 Å². The largest absolute Gasteiger partial charge is 0.385 e. The lowest BCUT2D eigenvalue weighted by Crippen LogP contribution is -2.38. The molecule has 0 radical (unpaired) electrons. The van der Waals surface area contributed by atoms with Crippen LogP contribution in [0.15, 0.2) is 30.6 Å². The molecule has 0 unspecified atom stereocenters. The number of aliphatic hydroxyl groups is 1. The maximum absolute atomic E-state index is 12.4. The molecule has 1 heterocycles. The second-order valence-corrected chi connectivity index (χ2v) is 6.02. The molecular formula is C16H21ClN4O2.